The van der Waals surface area contributed by atoms with E-state index < -0.39 is 6.04 Å². The predicted octanol–water partition coefficient (Wildman–Crippen LogP) is 2.92. The summed E-state index contributed by atoms with van der Waals surface area (Å²) in [5.74, 6) is 0.309. The number of halogens is 1. The third-order valence-corrected chi connectivity index (χ3v) is 6.65. The van der Waals surface area contributed by atoms with Gasteiger partial charge >= 0.3 is 0 Å². The smallest absolute Gasteiger partial charge is 0.248 e. The Balaban J connectivity index is 1.47. The van der Waals surface area contributed by atoms with E-state index in [1.807, 2.05) is 13.0 Å². The second-order valence-electron chi connectivity index (χ2n) is 8.40. The van der Waals surface area contributed by atoms with Gasteiger partial charge in [0.15, 0.2) is 0 Å². The molecule has 4 heterocycles. The van der Waals surface area contributed by atoms with E-state index in [0.29, 0.717) is 39.4 Å². The van der Waals surface area contributed by atoms with Crippen molar-refractivity contribution < 1.29 is 9.59 Å². The van der Waals surface area contributed by atoms with Crippen molar-refractivity contribution in [2.45, 2.75) is 38.4 Å². The number of rotatable bonds is 4. The first kappa shape index (κ1) is 22.1. The van der Waals surface area contributed by atoms with Crippen molar-refractivity contribution >= 4 is 67.0 Å². The predicted molar refractivity (Wildman–Crippen MR) is 134 cm³/mol. The standard InChI is InChI=1S/C23H23BrN8O2/c1-12-5-7-16(23(34)30-18-4-2-3-17(24)29-18)32(12)19(33)10-31-15-8-6-13(25)9-14(15)20-21(26)27-11-28-22(20)31/h2-4,6,8-9,11-12,16H,5,7,10,25H2,1H3,(H2,26,27,28)(H,29,30,34)/t12-,16+/m1/s1. The first-order valence-electron chi connectivity index (χ1n) is 10.9. The number of pyridine rings is 1. The lowest BCUT2D eigenvalue weighted by Gasteiger charge is -2.28. The lowest BCUT2D eigenvalue weighted by atomic mass is 10.2. The molecule has 2 atom stereocenters. The SMILES string of the molecule is C[C@@H]1CC[C@@H](C(=O)Nc2cccc(Br)n2)N1C(=O)Cn1c2ccc(N)cc2c2c(N)ncnc21. The lowest BCUT2D eigenvalue weighted by molar-refractivity contribution is -0.138. The van der Waals surface area contributed by atoms with E-state index in [2.05, 4.69) is 36.2 Å². The first-order chi connectivity index (χ1) is 16.3. The number of nitrogens with one attached hydrogen (secondary N) is 1. The van der Waals surface area contributed by atoms with E-state index in [9.17, 15) is 9.59 Å². The maximum atomic E-state index is 13.6. The summed E-state index contributed by atoms with van der Waals surface area (Å²) in [6.07, 6.45) is 2.68. The van der Waals surface area contributed by atoms with Gasteiger partial charge in [-0.3, -0.25) is 9.59 Å². The number of nitrogens with two attached hydrogens (primary N) is 2. The molecule has 0 bridgehead atoms. The van der Waals surface area contributed by atoms with Crippen LogP contribution in [0.25, 0.3) is 21.9 Å². The molecule has 0 saturated carbocycles. The summed E-state index contributed by atoms with van der Waals surface area (Å²) in [4.78, 5) is 41.1. The van der Waals surface area contributed by atoms with Crippen molar-refractivity contribution in [3.63, 3.8) is 0 Å². The van der Waals surface area contributed by atoms with Crippen LogP contribution in [0.1, 0.15) is 19.8 Å². The van der Waals surface area contributed by atoms with E-state index in [0.717, 1.165) is 17.3 Å². The Morgan fingerprint density at radius 1 is 1.18 bits per heavy atom. The van der Waals surface area contributed by atoms with Crippen LogP contribution >= 0.6 is 15.9 Å². The van der Waals surface area contributed by atoms with Crippen molar-refractivity contribution in [2.75, 3.05) is 16.8 Å². The fourth-order valence-corrected chi connectivity index (χ4v) is 5.03. The largest absolute Gasteiger partial charge is 0.399 e. The van der Waals surface area contributed by atoms with Gasteiger partial charge in [0.25, 0.3) is 0 Å². The van der Waals surface area contributed by atoms with Crippen LogP contribution in [0.5, 0.6) is 0 Å². The van der Waals surface area contributed by atoms with Gasteiger partial charge in [-0.1, -0.05) is 6.07 Å². The normalized spacial score (nSPS) is 18.0. The molecule has 0 aliphatic carbocycles. The minimum atomic E-state index is -0.591. The average molecular weight is 523 g/mol. The van der Waals surface area contributed by atoms with Crippen molar-refractivity contribution in [1.82, 2.24) is 24.4 Å². The zero-order valence-corrected chi connectivity index (χ0v) is 20.0. The number of hydrogen-bond acceptors (Lipinski definition) is 7. The number of nitrogen functional groups attached to an aromatic ring is 2. The highest BCUT2D eigenvalue weighted by Crippen LogP contribution is 2.33. The maximum absolute atomic E-state index is 13.6. The second kappa shape index (κ2) is 8.56. The van der Waals surface area contributed by atoms with Crippen LogP contribution in [0, 0.1) is 0 Å². The molecule has 1 aliphatic heterocycles. The van der Waals surface area contributed by atoms with Crippen LogP contribution in [0.4, 0.5) is 17.3 Å². The molecule has 174 valence electrons. The van der Waals surface area contributed by atoms with Crippen molar-refractivity contribution in [2.24, 2.45) is 0 Å². The Labute approximate surface area is 203 Å². The molecule has 10 nitrogen and oxygen atoms in total. The number of aromatic nitrogens is 4. The molecule has 4 aromatic rings. The van der Waals surface area contributed by atoms with Gasteiger partial charge in [-0.05, 0) is 66.0 Å². The maximum Gasteiger partial charge on any atom is 0.248 e. The van der Waals surface area contributed by atoms with Gasteiger partial charge in [-0.15, -0.1) is 0 Å². The minimum Gasteiger partial charge on any atom is -0.399 e. The fourth-order valence-electron chi connectivity index (χ4n) is 4.68. The zero-order valence-electron chi connectivity index (χ0n) is 18.4. The summed E-state index contributed by atoms with van der Waals surface area (Å²) in [5, 5.41) is 4.27. The van der Waals surface area contributed by atoms with Gasteiger partial charge in [0.1, 0.15) is 40.8 Å². The topological polar surface area (TPSA) is 145 Å². The van der Waals surface area contributed by atoms with Crippen LogP contribution in [0.3, 0.4) is 0 Å². The molecule has 1 fully saturated rings. The zero-order chi connectivity index (χ0) is 24.0. The quantitative estimate of drug-likeness (QED) is 0.276. The Kier molecular flexibility index (Phi) is 5.56. The van der Waals surface area contributed by atoms with Gasteiger partial charge < -0.3 is 26.3 Å². The Morgan fingerprint density at radius 3 is 2.79 bits per heavy atom. The molecule has 11 heteroatoms. The molecule has 0 spiro atoms. The highest BCUT2D eigenvalue weighted by Gasteiger charge is 2.39. The van der Waals surface area contributed by atoms with Gasteiger partial charge in [0.2, 0.25) is 11.8 Å². The number of fused-ring (bicyclic) bond motifs is 3. The number of nitrogens with zero attached hydrogens (tertiary/aromatic N) is 5. The van der Waals surface area contributed by atoms with E-state index in [-0.39, 0.29) is 24.4 Å². The molecule has 1 aromatic carbocycles. The van der Waals surface area contributed by atoms with E-state index in [4.69, 9.17) is 11.5 Å². The number of carbonyl (C=O) groups excluding carboxylic acids is 2. The van der Waals surface area contributed by atoms with Crippen LogP contribution < -0.4 is 16.8 Å². The van der Waals surface area contributed by atoms with Crippen molar-refractivity contribution in [1.29, 1.82) is 0 Å². The average Bonchev–Trinajstić information content (AvgIpc) is 3.32. The molecule has 0 unspecified atom stereocenters. The number of likely N-dealkylation sites (tertiary alicyclic amines) is 1. The highest BCUT2D eigenvalue weighted by molar-refractivity contribution is 9.10. The summed E-state index contributed by atoms with van der Waals surface area (Å²) in [7, 11) is 0. The molecule has 1 aliphatic rings. The highest BCUT2D eigenvalue weighted by atomic mass is 79.9. The minimum absolute atomic E-state index is 0.00360. The second-order valence-corrected chi connectivity index (χ2v) is 9.21. The number of hydrogen-bond donors (Lipinski definition) is 3. The monoisotopic (exact) mass is 522 g/mol. The third kappa shape index (κ3) is 3.81. The number of amides is 2. The molecule has 1 saturated heterocycles. The Bertz CT molecular complexity index is 1440. The molecule has 34 heavy (non-hydrogen) atoms. The van der Waals surface area contributed by atoms with Crippen LogP contribution in [-0.2, 0) is 16.1 Å². The van der Waals surface area contributed by atoms with Gasteiger partial charge in [0, 0.05) is 17.1 Å². The van der Waals surface area contributed by atoms with Gasteiger partial charge in [-0.2, -0.15) is 0 Å². The number of carbonyl (C=O) groups is 2. The van der Waals surface area contributed by atoms with Gasteiger partial charge in [0.05, 0.1) is 10.9 Å². The Hall–Kier alpha value is -3.73. The third-order valence-electron chi connectivity index (χ3n) is 6.21. The molecular formula is C23H23BrN8O2. The van der Waals surface area contributed by atoms with Crippen LogP contribution in [-0.4, -0.2) is 48.3 Å². The van der Waals surface area contributed by atoms with Crippen molar-refractivity contribution in [3.05, 3.63) is 47.3 Å². The summed E-state index contributed by atoms with van der Waals surface area (Å²) >= 11 is 3.31. The fraction of sp³-hybridized carbons (Fsp3) is 0.261. The van der Waals surface area contributed by atoms with Crippen LogP contribution in [0.2, 0.25) is 0 Å². The van der Waals surface area contributed by atoms with E-state index in [1.165, 1.54) is 6.33 Å². The molecule has 3 aromatic heterocycles. The molecule has 0 radical (unpaired) electrons. The van der Waals surface area contributed by atoms with E-state index in [1.54, 1.807) is 39.8 Å². The lowest BCUT2D eigenvalue weighted by Crippen LogP contribution is -2.47. The molecule has 5 N–H and O–H groups in total. The van der Waals surface area contributed by atoms with Crippen LogP contribution in [0.15, 0.2) is 47.3 Å². The molecule has 5 rings (SSSR count). The number of anilines is 3. The van der Waals surface area contributed by atoms with E-state index >= 15 is 0 Å². The van der Waals surface area contributed by atoms with Crippen molar-refractivity contribution in [3.8, 4) is 0 Å². The molecular weight excluding hydrogens is 500 g/mol. The summed E-state index contributed by atoms with van der Waals surface area (Å²) < 4.78 is 2.42. The summed E-state index contributed by atoms with van der Waals surface area (Å²) in [6.45, 7) is 1.96. The molecule has 2 amide bonds. The van der Waals surface area contributed by atoms with Gasteiger partial charge in [-0.25, -0.2) is 15.0 Å². The first-order valence-corrected chi connectivity index (χ1v) is 11.6. The summed E-state index contributed by atoms with van der Waals surface area (Å²) in [6, 6.07) is 10.0. The Morgan fingerprint density at radius 2 is 2.00 bits per heavy atom. The number of benzene rings is 1. The summed E-state index contributed by atoms with van der Waals surface area (Å²) in [5.41, 5.74) is 14.0.